The summed E-state index contributed by atoms with van der Waals surface area (Å²) < 4.78 is 22.3. The average Bonchev–Trinajstić information content (AvgIpc) is 3.34. The molecule has 2 aromatic rings. The van der Waals surface area contributed by atoms with Crippen LogP contribution in [-0.4, -0.2) is 85.2 Å². The summed E-state index contributed by atoms with van der Waals surface area (Å²) in [6.45, 7) is 6.03. The summed E-state index contributed by atoms with van der Waals surface area (Å²) in [7, 11) is 3.60. The quantitative estimate of drug-likeness (QED) is 0.585. The minimum Gasteiger partial charge on any atom is -0.472 e. The second-order valence-corrected chi connectivity index (χ2v) is 9.32. The van der Waals surface area contributed by atoms with Crippen molar-refractivity contribution in [2.45, 2.75) is 32.5 Å². The Morgan fingerprint density at radius 2 is 2.11 bits per heavy atom. The van der Waals surface area contributed by atoms with Gasteiger partial charge in [0, 0.05) is 44.4 Å². The van der Waals surface area contributed by atoms with Crippen molar-refractivity contribution in [3.63, 3.8) is 0 Å². The van der Waals surface area contributed by atoms with Crippen LogP contribution in [0, 0.1) is 17.8 Å². The van der Waals surface area contributed by atoms with Crippen molar-refractivity contribution in [2.75, 3.05) is 47.3 Å². The zero-order valence-electron chi connectivity index (χ0n) is 21.2. The normalized spacial score (nSPS) is 19.6. The number of ether oxygens (including phenoxy) is 4. The van der Waals surface area contributed by atoms with Gasteiger partial charge in [0.1, 0.15) is 18.3 Å². The van der Waals surface area contributed by atoms with Gasteiger partial charge in [-0.05, 0) is 37.7 Å². The molecule has 0 fully saturated rings. The molecule has 0 saturated carbocycles. The van der Waals surface area contributed by atoms with Crippen LogP contribution in [0.15, 0.2) is 30.5 Å². The maximum atomic E-state index is 13.5. The number of aromatic nitrogens is 1. The van der Waals surface area contributed by atoms with E-state index in [9.17, 15) is 9.90 Å². The Hall–Kier alpha value is -3.32. The fraction of sp³-hybridized carbons (Fsp3) is 0.481. The maximum absolute atomic E-state index is 13.5. The van der Waals surface area contributed by atoms with E-state index in [1.807, 2.05) is 32.2 Å². The van der Waals surface area contributed by atoms with Crippen molar-refractivity contribution >= 4 is 5.91 Å². The lowest BCUT2D eigenvalue weighted by Gasteiger charge is -2.37. The minimum absolute atomic E-state index is 0.00160. The van der Waals surface area contributed by atoms with Gasteiger partial charge in [0.05, 0.1) is 12.6 Å². The average molecular weight is 496 g/mol. The molecule has 3 heterocycles. The molecule has 0 bridgehead atoms. The van der Waals surface area contributed by atoms with Gasteiger partial charge in [-0.1, -0.05) is 24.8 Å². The number of amides is 1. The lowest BCUT2D eigenvalue weighted by Crippen LogP contribution is -2.49. The summed E-state index contributed by atoms with van der Waals surface area (Å²) in [5, 5.41) is 9.84. The van der Waals surface area contributed by atoms with Crippen LogP contribution < -0.4 is 14.2 Å². The molecule has 0 aliphatic carbocycles. The summed E-state index contributed by atoms with van der Waals surface area (Å²) in [5.74, 6) is 7.42. The lowest BCUT2D eigenvalue weighted by atomic mass is 9.99. The molecule has 0 radical (unpaired) electrons. The molecule has 192 valence electrons. The Morgan fingerprint density at radius 3 is 2.89 bits per heavy atom. The number of methoxy groups -OCH3 is 1. The molecular formula is C27H33N3O6. The number of carbonyl (C=O) groups is 1. The van der Waals surface area contributed by atoms with Crippen LogP contribution in [0.4, 0.5) is 0 Å². The highest BCUT2D eigenvalue weighted by atomic mass is 16.7. The standard InChI is InChI=1S/C27H33N3O6/c1-18-13-30(19(2)16-31)27(32)22-10-20(6-5-9-33-4)12-28-26(22)36-25(18)15-29(3)14-21-7-8-23-24(11-21)35-17-34-23/h7-8,10-12,18-19,25,31H,9,13-17H2,1-4H3/t18-,19-,25+/m0/s1. The monoisotopic (exact) mass is 495 g/mol. The van der Waals surface area contributed by atoms with Crippen LogP contribution in [0.3, 0.4) is 0 Å². The van der Waals surface area contributed by atoms with Gasteiger partial charge in [-0.3, -0.25) is 9.69 Å². The third-order valence-corrected chi connectivity index (χ3v) is 6.35. The smallest absolute Gasteiger partial charge is 0.259 e. The second kappa shape index (κ2) is 11.6. The summed E-state index contributed by atoms with van der Waals surface area (Å²) in [6, 6.07) is 7.30. The fourth-order valence-electron chi connectivity index (χ4n) is 4.32. The first-order valence-electron chi connectivity index (χ1n) is 12.0. The van der Waals surface area contributed by atoms with Gasteiger partial charge >= 0.3 is 0 Å². The Balaban J connectivity index is 1.57. The molecule has 4 rings (SSSR count). The minimum atomic E-state index is -0.346. The molecule has 1 amide bonds. The largest absolute Gasteiger partial charge is 0.472 e. The third-order valence-electron chi connectivity index (χ3n) is 6.35. The second-order valence-electron chi connectivity index (χ2n) is 9.32. The molecule has 2 aliphatic heterocycles. The summed E-state index contributed by atoms with van der Waals surface area (Å²) in [5.41, 5.74) is 2.04. The molecule has 1 aromatic carbocycles. The van der Waals surface area contributed by atoms with Gasteiger partial charge in [0.2, 0.25) is 12.7 Å². The predicted molar refractivity (Wildman–Crippen MR) is 133 cm³/mol. The Bertz CT molecular complexity index is 1140. The molecule has 9 heteroatoms. The topological polar surface area (TPSA) is 93.6 Å². The summed E-state index contributed by atoms with van der Waals surface area (Å²) >= 11 is 0. The number of nitrogens with zero attached hydrogens (tertiary/aromatic N) is 3. The van der Waals surface area contributed by atoms with Crippen molar-refractivity contribution in [3.8, 4) is 29.2 Å². The van der Waals surface area contributed by atoms with Gasteiger partial charge in [-0.2, -0.15) is 0 Å². The Labute approximate surface area is 211 Å². The first kappa shape index (κ1) is 25.8. The zero-order chi connectivity index (χ0) is 25.7. The predicted octanol–water partition coefficient (Wildman–Crippen LogP) is 2.16. The van der Waals surface area contributed by atoms with Crippen molar-refractivity contribution in [3.05, 3.63) is 47.2 Å². The summed E-state index contributed by atoms with van der Waals surface area (Å²) in [6.07, 6.45) is 1.37. The van der Waals surface area contributed by atoms with E-state index in [4.69, 9.17) is 18.9 Å². The van der Waals surface area contributed by atoms with Gasteiger partial charge in [0.15, 0.2) is 11.5 Å². The molecule has 1 aromatic heterocycles. The number of pyridine rings is 1. The van der Waals surface area contributed by atoms with Crippen LogP contribution in [0.5, 0.6) is 17.4 Å². The third kappa shape index (κ3) is 5.90. The van der Waals surface area contributed by atoms with Gasteiger partial charge < -0.3 is 29.0 Å². The Kier molecular flexibility index (Phi) is 8.31. The van der Waals surface area contributed by atoms with E-state index < -0.39 is 0 Å². The highest BCUT2D eigenvalue weighted by molar-refractivity contribution is 5.97. The van der Waals surface area contributed by atoms with Gasteiger partial charge in [-0.25, -0.2) is 4.98 Å². The van der Waals surface area contributed by atoms with Gasteiger partial charge in [-0.15, -0.1) is 0 Å². The van der Waals surface area contributed by atoms with Crippen molar-refractivity contribution in [1.29, 1.82) is 0 Å². The number of rotatable bonds is 7. The molecule has 1 N–H and O–H groups in total. The molecule has 2 aliphatic rings. The van der Waals surface area contributed by atoms with Crippen LogP contribution >= 0.6 is 0 Å². The van der Waals surface area contributed by atoms with Crippen LogP contribution in [0.25, 0.3) is 0 Å². The first-order valence-corrected chi connectivity index (χ1v) is 12.0. The van der Waals surface area contributed by atoms with Crippen molar-refractivity contribution in [2.24, 2.45) is 5.92 Å². The highest BCUT2D eigenvalue weighted by Gasteiger charge is 2.34. The number of fused-ring (bicyclic) bond motifs is 2. The molecule has 3 atom stereocenters. The Morgan fingerprint density at radius 1 is 1.31 bits per heavy atom. The number of likely N-dealkylation sites (N-methyl/N-ethyl adjacent to an activating group) is 1. The van der Waals surface area contributed by atoms with E-state index in [1.54, 1.807) is 24.3 Å². The van der Waals surface area contributed by atoms with E-state index in [0.29, 0.717) is 30.8 Å². The SMILES string of the molecule is COCC#Cc1cnc2c(c1)C(=O)N([C@@H](C)CO)C[C@H](C)[C@@H](CN(C)Cc1ccc3c(c1)OCO3)O2. The molecule has 9 nitrogen and oxygen atoms in total. The maximum Gasteiger partial charge on any atom is 0.259 e. The van der Waals surface area contributed by atoms with E-state index >= 15 is 0 Å². The van der Waals surface area contributed by atoms with E-state index in [1.165, 1.54) is 0 Å². The van der Waals surface area contributed by atoms with E-state index in [0.717, 1.165) is 17.1 Å². The van der Waals surface area contributed by atoms with Crippen LogP contribution in [0.2, 0.25) is 0 Å². The number of aliphatic hydroxyl groups is 1. The van der Waals surface area contributed by atoms with E-state index in [-0.39, 0.29) is 49.9 Å². The number of carbonyl (C=O) groups excluding carboxylic acids is 1. The fourth-order valence-corrected chi connectivity index (χ4v) is 4.32. The number of hydrogen-bond donors (Lipinski definition) is 1. The number of hydrogen-bond acceptors (Lipinski definition) is 8. The van der Waals surface area contributed by atoms with E-state index in [2.05, 4.69) is 28.6 Å². The van der Waals surface area contributed by atoms with Crippen molar-refractivity contribution in [1.82, 2.24) is 14.8 Å². The lowest BCUT2D eigenvalue weighted by molar-refractivity contribution is 0.0325. The summed E-state index contributed by atoms with van der Waals surface area (Å²) in [4.78, 5) is 21.8. The number of aliphatic hydroxyl groups excluding tert-OH is 1. The first-order chi connectivity index (χ1) is 17.4. The highest BCUT2D eigenvalue weighted by Crippen LogP contribution is 2.33. The molecular weight excluding hydrogens is 462 g/mol. The molecule has 0 unspecified atom stereocenters. The van der Waals surface area contributed by atoms with Gasteiger partial charge in [0.25, 0.3) is 5.91 Å². The molecule has 0 saturated heterocycles. The molecule has 0 spiro atoms. The number of benzene rings is 1. The zero-order valence-corrected chi connectivity index (χ0v) is 21.2. The van der Waals surface area contributed by atoms with Crippen LogP contribution in [-0.2, 0) is 11.3 Å². The molecule has 36 heavy (non-hydrogen) atoms. The van der Waals surface area contributed by atoms with Crippen LogP contribution in [0.1, 0.15) is 35.3 Å². The van der Waals surface area contributed by atoms with Crippen molar-refractivity contribution < 1.29 is 28.8 Å².